The lowest BCUT2D eigenvalue weighted by Gasteiger charge is -2.39. The van der Waals surface area contributed by atoms with Crippen molar-refractivity contribution in [3.05, 3.63) is 40.6 Å². The number of hydrogen-bond acceptors (Lipinski definition) is 16. The fraction of sp³-hybridized carbons (Fsp3) is 0.464. The van der Waals surface area contributed by atoms with Gasteiger partial charge in [-0.05, 0) is 31.2 Å². The summed E-state index contributed by atoms with van der Waals surface area (Å²) in [5, 5.41) is 91.3. The maximum Gasteiger partial charge on any atom is 0.239 e. The fourth-order valence-corrected chi connectivity index (χ4v) is 4.99. The summed E-state index contributed by atoms with van der Waals surface area (Å²) in [6.45, 7) is 0.669. The lowest BCUT2D eigenvalue weighted by Crippen LogP contribution is -2.60. The zero-order valence-corrected chi connectivity index (χ0v) is 23.3. The van der Waals surface area contributed by atoms with Crippen LogP contribution >= 0.6 is 0 Å². The molecule has 2 aliphatic rings. The topological polar surface area (TPSA) is 258 Å². The summed E-state index contributed by atoms with van der Waals surface area (Å²) >= 11 is 0. The summed E-state index contributed by atoms with van der Waals surface area (Å²) in [6, 6.07) is 6.20. The highest BCUT2D eigenvalue weighted by Gasteiger charge is 2.46. The summed E-state index contributed by atoms with van der Waals surface area (Å²) < 4.78 is 33.7. The van der Waals surface area contributed by atoms with Gasteiger partial charge in [0.05, 0.1) is 19.8 Å². The van der Waals surface area contributed by atoms with Gasteiger partial charge in [0.25, 0.3) is 0 Å². The third-order valence-electron chi connectivity index (χ3n) is 7.49. The molecule has 16 nitrogen and oxygen atoms in total. The molecule has 2 aromatic carbocycles. The Kier molecular flexibility index (Phi) is 8.90. The van der Waals surface area contributed by atoms with Crippen LogP contribution in [-0.4, -0.2) is 121 Å². The molecular formula is C28H32O16. The van der Waals surface area contributed by atoms with Crippen LogP contribution in [0.15, 0.2) is 39.5 Å². The van der Waals surface area contributed by atoms with Crippen LogP contribution in [0.3, 0.4) is 0 Å². The van der Waals surface area contributed by atoms with E-state index in [2.05, 4.69) is 0 Å². The van der Waals surface area contributed by atoms with E-state index in [1.165, 1.54) is 38.3 Å². The molecular weight excluding hydrogens is 592 g/mol. The van der Waals surface area contributed by atoms with Crippen molar-refractivity contribution < 1.29 is 74.1 Å². The molecule has 9 N–H and O–H groups in total. The normalized spacial score (nSPS) is 32.4. The average molecular weight is 625 g/mol. The lowest BCUT2D eigenvalue weighted by molar-refractivity contribution is -0.277. The molecule has 0 spiro atoms. The van der Waals surface area contributed by atoms with E-state index in [9.17, 15) is 50.8 Å². The first-order chi connectivity index (χ1) is 20.9. The van der Waals surface area contributed by atoms with Crippen molar-refractivity contribution in [1.29, 1.82) is 0 Å². The SMILES string of the molecule is COc1c(OC2OC(C)C(O)C(O)C2O)cc(O)c2c(=O)c(OC3OC(CO)C(O)C(O)C3O)c(-c3ccc(O)cc3)oc12. The van der Waals surface area contributed by atoms with Gasteiger partial charge in [0, 0.05) is 11.6 Å². The molecule has 1 aromatic heterocycles. The maximum atomic E-state index is 13.9. The third kappa shape index (κ3) is 5.51. The molecule has 16 heteroatoms. The predicted molar refractivity (Wildman–Crippen MR) is 145 cm³/mol. The van der Waals surface area contributed by atoms with Crippen LogP contribution in [0, 0.1) is 0 Å². The van der Waals surface area contributed by atoms with Crippen LogP contribution in [-0.2, 0) is 9.47 Å². The summed E-state index contributed by atoms with van der Waals surface area (Å²) in [6.07, 6.45) is -15.9. The van der Waals surface area contributed by atoms with Gasteiger partial charge in [-0.2, -0.15) is 0 Å². The van der Waals surface area contributed by atoms with Gasteiger partial charge in [-0.3, -0.25) is 4.79 Å². The van der Waals surface area contributed by atoms with Crippen molar-refractivity contribution in [2.75, 3.05) is 13.7 Å². The van der Waals surface area contributed by atoms with Crippen LogP contribution < -0.4 is 19.6 Å². The number of phenolic OH excluding ortho intramolecular Hbond substituents is 2. The van der Waals surface area contributed by atoms with E-state index in [1.807, 2.05) is 0 Å². The number of aliphatic hydroxyl groups excluding tert-OH is 7. The Morgan fingerprint density at radius 2 is 1.41 bits per heavy atom. The number of aromatic hydroxyl groups is 2. The molecule has 2 saturated heterocycles. The molecule has 0 amide bonds. The second-order valence-corrected chi connectivity index (χ2v) is 10.4. The van der Waals surface area contributed by atoms with Gasteiger partial charge in [0.2, 0.25) is 29.5 Å². The van der Waals surface area contributed by atoms with Crippen molar-refractivity contribution in [3.8, 4) is 40.1 Å². The fourth-order valence-electron chi connectivity index (χ4n) is 4.99. The van der Waals surface area contributed by atoms with Crippen LogP contribution in [0.4, 0.5) is 0 Å². The van der Waals surface area contributed by atoms with E-state index in [4.69, 9.17) is 28.1 Å². The van der Waals surface area contributed by atoms with Crippen molar-refractivity contribution in [1.82, 2.24) is 0 Å². The van der Waals surface area contributed by atoms with Crippen molar-refractivity contribution >= 4 is 11.0 Å². The molecule has 0 aliphatic carbocycles. The molecule has 5 rings (SSSR count). The Morgan fingerprint density at radius 3 is 2.02 bits per heavy atom. The molecule has 240 valence electrons. The first-order valence-corrected chi connectivity index (χ1v) is 13.4. The Hall–Kier alpha value is -3.71. The molecule has 0 saturated carbocycles. The quantitative estimate of drug-likeness (QED) is 0.141. The minimum Gasteiger partial charge on any atom is -0.508 e. The zero-order valence-electron chi connectivity index (χ0n) is 23.3. The van der Waals surface area contributed by atoms with Crippen molar-refractivity contribution in [2.24, 2.45) is 0 Å². The highest BCUT2D eigenvalue weighted by molar-refractivity contribution is 5.93. The average Bonchev–Trinajstić information content (AvgIpc) is 3.00. The van der Waals surface area contributed by atoms with E-state index in [-0.39, 0.29) is 34.2 Å². The van der Waals surface area contributed by atoms with Crippen LogP contribution in [0.25, 0.3) is 22.3 Å². The number of phenols is 2. The first-order valence-electron chi connectivity index (χ1n) is 13.4. The highest BCUT2D eigenvalue weighted by atomic mass is 16.7. The smallest absolute Gasteiger partial charge is 0.239 e. The molecule has 10 unspecified atom stereocenters. The third-order valence-corrected chi connectivity index (χ3v) is 7.49. The largest absolute Gasteiger partial charge is 0.508 e. The number of rotatable bonds is 7. The minimum absolute atomic E-state index is 0.133. The zero-order chi connectivity index (χ0) is 32.0. The van der Waals surface area contributed by atoms with Gasteiger partial charge < -0.3 is 74.1 Å². The first kappa shape index (κ1) is 31.7. The number of methoxy groups -OCH3 is 1. The number of hydrogen-bond donors (Lipinski definition) is 9. The second kappa shape index (κ2) is 12.4. The van der Waals surface area contributed by atoms with Crippen molar-refractivity contribution in [3.63, 3.8) is 0 Å². The molecule has 2 aliphatic heterocycles. The summed E-state index contributed by atoms with van der Waals surface area (Å²) in [5.41, 5.74) is -1.25. The van der Waals surface area contributed by atoms with Crippen LogP contribution in [0.5, 0.6) is 28.7 Å². The van der Waals surface area contributed by atoms with Crippen LogP contribution in [0.1, 0.15) is 6.92 Å². The Bertz CT molecular complexity index is 1540. The minimum atomic E-state index is -1.90. The summed E-state index contributed by atoms with van der Waals surface area (Å²) in [4.78, 5) is 13.9. The maximum absolute atomic E-state index is 13.9. The van der Waals surface area contributed by atoms with Gasteiger partial charge in [-0.1, -0.05) is 0 Å². The van der Waals surface area contributed by atoms with Gasteiger partial charge >= 0.3 is 0 Å². The number of fused-ring (bicyclic) bond motifs is 1. The molecule has 3 aromatic rings. The predicted octanol–water partition coefficient (Wildman–Crippen LogP) is -1.74. The van der Waals surface area contributed by atoms with E-state index >= 15 is 0 Å². The Labute approximate surface area is 248 Å². The van der Waals surface area contributed by atoms with Crippen molar-refractivity contribution in [2.45, 2.75) is 68.3 Å². The van der Waals surface area contributed by atoms with E-state index in [1.54, 1.807) is 0 Å². The molecule has 3 heterocycles. The van der Waals surface area contributed by atoms with Crippen LogP contribution in [0.2, 0.25) is 0 Å². The molecule has 0 bridgehead atoms. The van der Waals surface area contributed by atoms with Gasteiger partial charge in [0.15, 0.2) is 17.1 Å². The van der Waals surface area contributed by atoms with Gasteiger partial charge in [-0.25, -0.2) is 0 Å². The molecule has 10 atom stereocenters. The number of ether oxygens (including phenoxy) is 5. The lowest BCUT2D eigenvalue weighted by atomic mass is 9.99. The summed E-state index contributed by atoms with van der Waals surface area (Å²) in [5.74, 6) is -2.37. The number of benzene rings is 2. The van der Waals surface area contributed by atoms with Gasteiger partial charge in [-0.15, -0.1) is 0 Å². The monoisotopic (exact) mass is 624 g/mol. The molecule has 2 fully saturated rings. The van der Waals surface area contributed by atoms with E-state index in [0.717, 1.165) is 6.07 Å². The van der Waals surface area contributed by atoms with E-state index in [0.29, 0.717) is 0 Å². The second-order valence-electron chi connectivity index (χ2n) is 10.4. The Balaban J connectivity index is 1.66. The molecule has 0 radical (unpaired) electrons. The standard InChI is InChI=1S/C28H32O16/c1-9-16(32)19(35)21(37)27(40-9)41-13-7-12(31)15-18(34)26(44-28-22(38)20(36)17(33)14(8-29)42-28)23(43-25(15)24(13)39-2)10-3-5-11(30)6-4-10/h3-7,9,14,16-17,19-22,27-33,35-38H,8H2,1-2H3. The number of aliphatic hydroxyl groups is 7. The Morgan fingerprint density at radius 1 is 0.795 bits per heavy atom. The molecule has 44 heavy (non-hydrogen) atoms. The van der Waals surface area contributed by atoms with E-state index < -0.39 is 90.3 Å². The summed E-state index contributed by atoms with van der Waals surface area (Å²) in [7, 11) is 1.19. The van der Waals surface area contributed by atoms with Gasteiger partial charge in [0.1, 0.15) is 59.6 Å². The highest BCUT2D eigenvalue weighted by Crippen LogP contribution is 2.45.